The van der Waals surface area contributed by atoms with E-state index in [9.17, 15) is 4.79 Å². The number of nitrogens with zero attached hydrogens (tertiary/aromatic N) is 3. The zero-order valence-corrected chi connectivity index (χ0v) is 11.2. The van der Waals surface area contributed by atoms with Crippen molar-refractivity contribution in [2.45, 2.75) is 20.0 Å². The van der Waals surface area contributed by atoms with Crippen molar-refractivity contribution < 1.29 is 0 Å². The summed E-state index contributed by atoms with van der Waals surface area (Å²) in [5.74, 6) is 0.415. The average Bonchev–Trinajstić information content (AvgIpc) is 2.47. The number of hydrogen-bond donors (Lipinski definition) is 1. The van der Waals surface area contributed by atoms with Crippen LogP contribution in [0.2, 0.25) is 0 Å². The summed E-state index contributed by atoms with van der Waals surface area (Å²) < 4.78 is 1.63. The van der Waals surface area contributed by atoms with Crippen molar-refractivity contribution >= 4 is 11.5 Å². The SMILES string of the molecule is CCn1ccnc(N(C)c2cccc(CN)c2)c1=O. The van der Waals surface area contributed by atoms with Gasteiger partial charge in [-0.2, -0.15) is 0 Å². The molecule has 0 saturated carbocycles. The number of benzene rings is 1. The summed E-state index contributed by atoms with van der Waals surface area (Å²) in [5.41, 5.74) is 7.47. The third-order valence-electron chi connectivity index (χ3n) is 3.09. The quantitative estimate of drug-likeness (QED) is 0.902. The van der Waals surface area contributed by atoms with Crippen molar-refractivity contribution in [3.63, 3.8) is 0 Å². The van der Waals surface area contributed by atoms with Crippen LogP contribution in [0.25, 0.3) is 0 Å². The van der Waals surface area contributed by atoms with E-state index in [1.165, 1.54) is 0 Å². The molecule has 2 rings (SSSR count). The summed E-state index contributed by atoms with van der Waals surface area (Å²) in [4.78, 5) is 18.2. The van der Waals surface area contributed by atoms with Crippen LogP contribution in [0.5, 0.6) is 0 Å². The molecule has 5 heteroatoms. The minimum absolute atomic E-state index is 0.0920. The van der Waals surface area contributed by atoms with Crippen LogP contribution in [-0.2, 0) is 13.1 Å². The fraction of sp³-hybridized carbons (Fsp3) is 0.286. The second-order valence-electron chi connectivity index (χ2n) is 4.28. The maximum Gasteiger partial charge on any atom is 0.293 e. The highest BCUT2D eigenvalue weighted by Gasteiger charge is 2.11. The fourth-order valence-corrected chi connectivity index (χ4v) is 1.93. The van der Waals surface area contributed by atoms with E-state index >= 15 is 0 Å². The molecule has 0 radical (unpaired) electrons. The van der Waals surface area contributed by atoms with Gasteiger partial charge in [0.2, 0.25) is 0 Å². The topological polar surface area (TPSA) is 64.2 Å². The first-order valence-electron chi connectivity index (χ1n) is 6.25. The Bertz CT molecular complexity index is 621. The molecule has 0 fully saturated rings. The van der Waals surface area contributed by atoms with E-state index < -0.39 is 0 Å². The molecule has 19 heavy (non-hydrogen) atoms. The van der Waals surface area contributed by atoms with E-state index in [0.29, 0.717) is 18.9 Å². The van der Waals surface area contributed by atoms with Crippen molar-refractivity contribution in [2.75, 3.05) is 11.9 Å². The van der Waals surface area contributed by atoms with Gasteiger partial charge in [0.05, 0.1) is 0 Å². The summed E-state index contributed by atoms with van der Waals surface area (Å²) in [6.07, 6.45) is 3.33. The lowest BCUT2D eigenvalue weighted by molar-refractivity contribution is 0.716. The van der Waals surface area contributed by atoms with E-state index in [1.54, 1.807) is 21.9 Å². The van der Waals surface area contributed by atoms with Gasteiger partial charge in [0, 0.05) is 38.2 Å². The Kier molecular flexibility index (Phi) is 3.97. The van der Waals surface area contributed by atoms with Crippen molar-refractivity contribution in [3.8, 4) is 0 Å². The molecule has 1 heterocycles. The highest BCUT2D eigenvalue weighted by molar-refractivity contribution is 5.59. The van der Waals surface area contributed by atoms with Gasteiger partial charge >= 0.3 is 0 Å². The molecule has 0 atom stereocenters. The lowest BCUT2D eigenvalue weighted by Gasteiger charge is -2.18. The van der Waals surface area contributed by atoms with Crippen LogP contribution in [0.4, 0.5) is 11.5 Å². The van der Waals surface area contributed by atoms with Gasteiger partial charge in [0.1, 0.15) is 0 Å². The Morgan fingerprint density at radius 1 is 1.42 bits per heavy atom. The molecule has 2 N–H and O–H groups in total. The number of anilines is 2. The zero-order chi connectivity index (χ0) is 13.8. The first-order valence-corrected chi connectivity index (χ1v) is 6.25. The van der Waals surface area contributed by atoms with Crippen LogP contribution < -0.4 is 16.2 Å². The molecule has 1 aromatic heterocycles. The van der Waals surface area contributed by atoms with Gasteiger partial charge in [-0.3, -0.25) is 4.79 Å². The molecule has 100 valence electrons. The molecule has 0 aliphatic carbocycles. The average molecular weight is 258 g/mol. The van der Waals surface area contributed by atoms with Gasteiger partial charge in [0.25, 0.3) is 5.56 Å². The number of aromatic nitrogens is 2. The van der Waals surface area contributed by atoms with Gasteiger partial charge in [-0.05, 0) is 24.6 Å². The molecule has 0 aliphatic rings. The maximum atomic E-state index is 12.2. The fourth-order valence-electron chi connectivity index (χ4n) is 1.93. The molecular weight excluding hydrogens is 240 g/mol. The van der Waals surface area contributed by atoms with E-state index in [0.717, 1.165) is 11.3 Å². The Labute approximate surface area is 112 Å². The van der Waals surface area contributed by atoms with Crippen molar-refractivity contribution in [1.29, 1.82) is 0 Å². The van der Waals surface area contributed by atoms with E-state index in [4.69, 9.17) is 5.73 Å². The van der Waals surface area contributed by atoms with Crippen LogP contribution >= 0.6 is 0 Å². The van der Waals surface area contributed by atoms with Crippen LogP contribution in [0.1, 0.15) is 12.5 Å². The molecule has 0 spiro atoms. The van der Waals surface area contributed by atoms with Gasteiger partial charge in [0.15, 0.2) is 5.82 Å². The van der Waals surface area contributed by atoms with Crippen molar-refractivity contribution in [2.24, 2.45) is 5.73 Å². The van der Waals surface area contributed by atoms with Crippen LogP contribution in [-0.4, -0.2) is 16.6 Å². The lowest BCUT2D eigenvalue weighted by atomic mass is 10.2. The van der Waals surface area contributed by atoms with E-state index in [-0.39, 0.29) is 5.56 Å². The molecular formula is C14H18N4O. The predicted molar refractivity (Wildman–Crippen MR) is 76.6 cm³/mol. The van der Waals surface area contributed by atoms with Gasteiger partial charge in [-0.25, -0.2) is 4.98 Å². The predicted octanol–water partition coefficient (Wildman–Crippen LogP) is 1.49. The second kappa shape index (κ2) is 5.67. The number of nitrogens with two attached hydrogens (primary N) is 1. The van der Waals surface area contributed by atoms with Crippen LogP contribution in [0.15, 0.2) is 41.5 Å². The molecule has 0 saturated heterocycles. The normalized spacial score (nSPS) is 10.5. The Morgan fingerprint density at radius 2 is 2.21 bits per heavy atom. The minimum Gasteiger partial charge on any atom is -0.326 e. The molecule has 2 aromatic rings. The molecule has 1 aromatic carbocycles. The maximum absolute atomic E-state index is 12.2. The summed E-state index contributed by atoms with van der Waals surface area (Å²) in [5, 5.41) is 0. The number of rotatable bonds is 4. The summed E-state index contributed by atoms with van der Waals surface area (Å²) in [7, 11) is 1.83. The summed E-state index contributed by atoms with van der Waals surface area (Å²) >= 11 is 0. The standard InChI is InChI=1S/C14H18N4O/c1-3-18-8-7-16-13(14(18)19)17(2)12-6-4-5-11(9-12)10-15/h4-9H,3,10,15H2,1-2H3. The smallest absolute Gasteiger partial charge is 0.293 e. The van der Waals surface area contributed by atoms with Crippen molar-refractivity contribution in [1.82, 2.24) is 9.55 Å². The van der Waals surface area contributed by atoms with Crippen LogP contribution in [0.3, 0.4) is 0 Å². The number of aryl methyl sites for hydroxylation is 1. The van der Waals surface area contributed by atoms with E-state index in [2.05, 4.69) is 4.98 Å². The van der Waals surface area contributed by atoms with Gasteiger partial charge in [-0.15, -0.1) is 0 Å². The Hall–Kier alpha value is -2.14. The highest BCUT2D eigenvalue weighted by atomic mass is 16.1. The Balaban J connectivity index is 2.43. The van der Waals surface area contributed by atoms with Gasteiger partial charge < -0.3 is 15.2 Å². The van der Waals surface area contributed by atoms with Crippen LogP contribution in [0, 0.1) is 0 Å². The summed E-state index contributed by atoms with van der Waals surface area (Å²) in [6, 6.07) is 7.78. The lowest BCUT2D eigenvalue weighted by Crippen LogP contribution is -2.27. The minimum atomic E-state index is -0.0920. The highest BCUT2D eigenvalue weighted by Crippen LogP contribution is 2.19. The third kappa shape index (κ3) is 2.66. The number of hydrogen-bond acceptors (Lipinski definition) is 4. The Morgan fingerprint density at radius 3 is 2.89 bits per heavy atom. The van der Waals surface area contributed by atoms with Crippen molar-refractivity contribution in [3.05, 3.63) is 52.6 Å². The van der Waals surface area contributed by atoms with Gasteiger partial charge in [-0.1, -0.05) is 12.1 Å². The summed E-state index contributed by atoms with van der Waals surface area (Å²) in [6.45, 7) is 3.04. The molecule has 0 amide bonds. The molecule has 0 aliphatic heterocycles. The first-order chi connectivity index (χ1) is 9.17. The third-order valence-corrected chi connectivity index (χ3v) is 3.09. The molecule has 5 nitrogen and oxygen atoms in total. The molecule has 0 unspecified atom stereocenters. The zero-order valence-electron chi connectivity index (χ0n) is 11.2. The van der Waals surface area contributed by atoms with E-state index in [1.807, 2.05) is 38.2 Å². The largest absolute Gasteiger partial charge is 0.326 e. The second-order valence-corrected chi connectivity index (χ2v) is 4.28. The first kappa shape index (κ1) is 13.3. The molecule has 0 bridgehead atoms. The monoisotopic (exact) mass is 258 g/mol.